The van der Waals surface area contributed by atoms with E-state index in [4.69, 9.17) is 4.42 Å². The van der Waals surface area contributed by atoms with Crippen LogP contribution in [-0.2, 0) is 16.2 Å². The minimum Gasteiger partial charge on any atom is -0.456 e. The van der Waals surface area contributed by atoms with Crippen molar-refractivity contribution < 1.29 is 4.42 Å². The monoisotopic (exact) mass is 759 g/mol. The molecule has 0 radical (unpaired) electrons. The van der Waals surface area contributed by atoms with Crippen LogP contribution >= 0.6 is 0 Å². The summed E-state index contributed by atoms with van der Waals surface area (Å²) < 4.78 is 6.65. The average molecular weight is 760 g/mol. The van der Waals surface area contributed by atoms with Crippen LogP contribution < -0.4 is 4.90 Å². The summed E-state index contributed by atoms with van der Waals surface area (Å²) in [5.41, 5.74) is 23.3. The maximum Gasteiger partial charge on any atom is 0.136 e. The Morgan fingerprint density at radius 2 is 0.847 bits per heavy atom. The Bertz CT molecular complexity index is 3140. The normalized spacial score (nSPS) is 15.7. The summed E-state index contributed by atoms with van der Waals surface area (Å²) in [4.78, 5) is 2.51. The number of hydrogen-bond donors (Lipinski definition) is 0. The van der Waals surface area contributed by atoms with Crippen LogP contribution in [0.1, 0.15) is 74.9 Å². The van der Waals surface area contributed by atoms with Gasteiger partial charge in [-0.1, -0.05) is 157 Å². The first-order valence-electron chi connectivity index (χ1n) is 21.0. The summed E-state index contributed by atoms with van der Waals surface area (Å²) in [5, 5.41) is 2.33. The molecule has 0 bridgehead atoms. The van der Waals surface area contributed by atoms with E-state index in [-0.39, 0.29) is 16.2 Å². The van der Waals surface area contributed by atoms with Crippen molar-refractivity contribution in [1.29, 1.82) is 0 Å². The van der Waals surface area contributed by atoms with Gasteiger partial charge < -0.3 is 9.32 Å². The maximum absolute atomic E-state index is 6.65. The smallest absolute Gasteiger partial charge is 0.136 e. The maximum atomic E-state index is 6.65. The van der Waals surface area contributed by atoms with E-state index < -0.39 is 0 Å². The van der Waals surface area contributed by atoms with Crippen LogP contribution in [0.2, 0.25) is 0 Å². The van der Waals surface area contributed by atoms with Crippen molar-refractivity contribution in [2.75, 3.05) is 4.90 Å². The summed E-state index contributed by atoms with van der Waals surface area (Å²) in [6, 6.07) is 61.2. The standard InChI is InChI=1S/C57H45NO/c1-55(2)44-21-13-10-18-38(44)40-27-24-36(31-47(40)55)58(37-25-28-41-39-19-11-14-22-45(39)56(3,4)48(41)32-37)35-26-29-46-43(30-35)53-49(57(46,5)6)33-51-54(42-20-12-15-23-50(42)59-51)52(53)34-16-8-7-9-17-34/h7-33H,1-6H3. The van der Waals surface area contributed by atoms with Crippen LogP contribution in [-0.4, -0.2) is 0 Å². The highest BCUT2D eigenvalue weighted by Crippen LogP contribution is 2.58. The van der Waals surface area contributed by atoms with Crippen LogP contribution in [0.3, 0.4) is 0 Å². The lowest BCUT2D eigenvalue weighted by molar-refractivity contribution is 0.647. The summed E-state index contributed by atoms with van der Waals surface area (Å²) in [7, 11) is 0. The molecule has 284 valence electrons. The van der Waals surface area contributed by atoms with Crippen LogP contribution in [0.4, 0.5) is 17.1 Å². The quantitative estimate of drug-likeness (QED) is 0.178. The molecule has 0 aliphatic heterocycles. The second kappa shape index (κ2) is 11.7. The van der Waals surface area contributed by atoms with Gasteiger partial charge in [-0.2, -0.15) is 0 Å². The number of hydrogen-bond acceptors (Lipinski definition) is 2. The fourth-order valence-corrected chi connectivity index (χ4v) is 11.2. The highest BCUT2D eigenvalue weighted by molar-refractivity contribution is 6.18. The van der Waals surface area contributed by atoms with Gasteiger partial charge in [-0.15, -0.1) is 0 Å². The van der Waals surface area contributed by atoms with Crippen LogP contribution in [0.25, 0.3) is 66.4 Å². The highest BCUT2D eigenvalue weighted by Gasteiger charge is 2.41. The zero-order chi connectivity index (χ0) is 40.0. The predicted molar refractivity (Wildman–Crippen MR) is 247 cm³/mol. The third-order valence-corrected chi connectivity index (χ3v) is 14.3. The van der Waals surface area contributed by atoms with Gasteiger partial charge in [0.25, 0.3) is 0 Å². The number of nitrogens with zero attached hydrogens (tertiary/aromatic N) is 1. The Labute approximate surface area is 346 Å². The third kappa shape index (κ3) is 4.58. The molecular weight excluding hydrogens is 715 g/mol. The molecule has 59 heavy (non-hydrogen) atoms. The molecule has 0 amide bonds. The van der Waals surface area contributed by atoms with Crippen molar-refractivity contribution in [3.8, 4) is 44.5 Å². The fourth-order valence-electron chi connectivity index (χ4n) is 11.2. The van der Waals surface area contributed by atoms with Gasteiger partial charge in [-0.3, -0.25) is 0 Å². The summed E-state index contributed by atoms with van der Waals surface area (Å²) in [5.74, 6) is 0. The molecule has 12 rings (SSSR count). The molecule has 1 heterocycles. The summed E-state index contributed by atoms with van der Waals surface area (Å²) >= 11 is 0. The molecule has 0 fully saturated rings. The van der Waals surface area contributed by atoms with Crippen molar-refractivity contribution in [1.82, 2.24) is 0 Å². The van der Waals surface area contributed by atoms with E-state index in [1.165, 1.54) is 83.3 Å². The largest absolute Gasteiger partial charge is 0.456 e. The number of fused-ring (bicyclic) bond motifs is 12. The van der Waals surface area contributed by atoms with Crippen molar-refractivity contribution in [3.05, 3.63) is 197 Å². The van der Waals surface area contributed by atoms with Gasteiger partial charge in [0.05, 0.1) is 0 Å². The molecule has 2 nitrogen and oxygen atoms in total. The first-order chi connectivity index (χ1) is 28.5. The fraction of sp³-hybridized carbons (Fsp3) is 0.158. The van der Waals surface area contributed by atoms with Crippen molar-refractivity contribution >= 4 is 39.0 Å². The van der Waals surface area contributed by atoms with E-state index in [1.54, 1.807) is 0 Å². The van der Waals surface area contributed by atoms with Gasteiger partial charge in [0, 0.05) is 49.6 Å². The van der Waals surface area contributed by atoms with E-state index in [2.05, 4.69) is 210 Å². The average Bonchev–Trinajstić information content (AvgIpc) is 3.89. The molecule has 2 heteroatoms. The lowest BCUT2D eigenvalue weighted by Gasteiger charge is -2.30. The van der Waals surface area contributed by atoms with E-state index in [0.717, 1.165) is 33.6 Å². The Morgan fingerprint density at radius 3 is 1.49 bits per heavy atom. The molecule has 8 aromatic carbocycles. The van der Waals surface area contributed by atoms with E-state index in [1.807, 2.05) is 0 Å². The van der Waals surface area contributed by atoms with Crippen LogP contribution in [0, 0.1) is 0 Å². The number of benzene rings is 8. The lowest BCUT2D eigenvalue weighted by atomic mass is 9.81. The third-order valence-electron chi connectivity index (χ3n) is 14.3. The molecule has 3 aliphatic rings. The number of para-hydroxylation sites is 1. The van der Waals surface area contributed by atoms with Gasteiger partial charge in [-0.25, -0.2) is 0 Å². The lowest BCUT2D eigenvalue weighted by Crippen LogP contribution is -2.18. The Balaban J connectivity index is 1.12. The first kappa shape index (κ1) is 34.4. The second-order valence-electron chi connectivity index (χ2n) is 18.5. The molecule has 9 aromatic rings. The van der Waals surface area contributed by atoms with Crippen LogP contribution in [0.15, 0.2) is 168 Å². The second-order valence-corrected chi connectivity index (χ2v) is 18.5. The number of rotatable bonds is 4. The first-order valence-corrected chi connectivity index (χ1v) is 21.0. The SMILES string of the molecule is CC1(C)c2ccccc2-c2ccc(N(c3ccc4c(c3)-c3c(cc5oc6ccccc6c5c3-c3ccccc3)C4(C)C)c3ccc4c(c3)C(C)(C)c3ccccc3-4)cc21. The van der Waals surface area contributed by atoms with E-state index in [9.17, 15) is 0 Å². The Kier molecular flexibility index (Phi) is 6.84. The number of furan rings is 1. The zero-order valence-corrected chi connectivity index (χ0v) is 34.4. The summed E-state index contributed by atoms with van der Waals surface area (Å²) in [6.07, 6.45) is 0. The van der Waals surface area contributed by atoms with Gasteiger partial charge >= 0.3 is 0 Å². The molecule has 0 N–H and O–H groups in total. The topological polar surface area (TPSA) is 16.4 Å². The van der Waals surface area contributed by atoms with Gasteiger partial charge in [0.2, 0.25) is 0 Å². The van der Waals surface area contributed by atoms with Crippen molar-refractivity contribution in [3.63, 3.8) is 0 Å². The minimum absolute atomic E-state index is 0.126. The molecule has 3 aliphatic carbocycles. The van der Waals surface area contributed by atoms with Gasteiger partial charge in [0.1, 0.15) is 11.2 Å². The molecule has 0 atom stereocenters. The van der Waals surface area contributed by atoms with E-state index in [0.29, 0.717) is 0 Å². The molecular formula is C57H45NO. The molecule has 1 aromatic heterocycles. The predicted octanol–water partition coefficient (Wildman–Crippen LogP) is 15.6. The van der Waals surface area contributed by atoms with Crippen molar-refractivity contribution in [2.45, 2.75) is 57.8 Å². The van der Waals surface area contributed by atoms with Gasteiger partial charge in [-0.05, 0) is 121 Å². The Morgan fingerprint density at radius 1 is 0.356 bits per heavy atom. The molecule has 0 saturated heterocycles. The van der Waals surface area contributed by atoms with E-state index >= 15 is 0 Å². The van der Waals surface area contributed by atoms with Crippen LogP contribution in [0.5, 0.6) is 0 Å². The number of anilines is 3. The highest BCUT2D eigenvalue weighted by atomic mass is 16.3. The molecule has 0 saturated carbocycles. The Hall–Kier alpha value is -6.64. The minimum atomic E-state index is -0.239. The molecule has 0 unspecified atom stereocenters. The van der Waals surface area contributed by atoms with Gasteiger partial charge in [0.15, 0.2) is 0 Å². The molecule has 0 spiro atoms. The zero-order valence-electron chi connectivity index (χ0n) is 34.4. The summed E-state index contributed by atoms with van der Waals surface area (Å²) in [6.45, 7) is 14.3. The van der Waals surface area contributed by atoms with Crippen molar-refractivity contribution in [2.24, 2.45) is 0 Å².